The van der Waals surface area contributed by atoms with Crippen LogP contribution >= 0.6 is 0 Å². The number of carbonyl (C=O) groups excluding carboxylic acids is 1. The van der Waals surface area contributed by atoms with Gasteiger partial charge in [0.25, 0.3) is 0 Å². The molecular formula is C24H27F3N2O. The van der Waals surface area contributed by atoms with Crippen LogP contribution in [0, 0.1) is 0 Å². The van der Waals surface area contributed by atoms with Crippen LogP contribution < -0.4 is 5.32 Å². The molecule has 3 rings (SSSR count). The van der Waals surface area contributed by atoms with E-state index >= 15 is 0 Å². The summed E-state index contributed by atoms with van der Waals surface area (Å²) in [5.41, 5.74) is 1.09. The number of aryl methyl sites for hydroxylation is 1. The molecule has 0 unspecified atom stereocenters. The van der Waals surface area contributed by atoms with Crippen LogP contribution in [-0.2, 0) is 18.0 Å². The summed E-state index contributed by atoms with van der Waals surface area (Å²) in [7, 11) is 1.86. The van der Waals surface area contributed by atoms with Gasteiger partial charge in [-0.1, -0.05) is 56.2 Å². The minimum absolute atomic E-state index is 0.0345. The van der Waals surface area contributed by atoms with Crippen molar-refractivity contribution in [2.24, 2.45) is 7.05 Å². The monoisotopic (exact) mass is 416 g/mol. The van der Waals surface area contributed by atoms with Gasteiger partial charge in [0.2, 0.25) is 5.91 Å². The largest absolute Gasteiger partial charge is 0.416 e. The lowest BCUT2D eigenvalue weighted by Crippen LogP contribution is -2.27. The molecule has 2 aromatic carbocycles. The first-order valence-corrected chi connectivity index (χ1v) is 10.3. The van der Waals surface area contributed by atoms with Gasteiger partial charge in [-0.05, 0) is 29.7 Å². The molecule has 0 aliphatic heterocycles. The number of para-hydroxylation sites is 1. The second kappa shape index (κ2) is 9.37. The maximum atomic E-state index is 13.8. The Balaban J connectivity index is 2.03. The Hall–Kier alpha value is -2.76. The highest BCUT2D eigenvalue weighted by atomic mass is 19.4. The number of amides is 1. The number of hydrogen-bond acceptors (Lipinski definition) is 1. The summed E-state index contributed by atoms with van der Waals surface area (Å²) in [5, 5.41) is 3.74. The zero-order valence-electron chi connectivity index (χ0n) is 17.3. The van der Waals surface area contributed by atoms with E-state index in [1.165, 1.54) is 12.1 Å². The van der Waals surface area contributed by atoms with Gasteiger partial charge in [0.1, 0.15) is 0 Å². The predicted molar refractivity (Wildman–Crippen MR) is 113 cm³/mol. The summed E-state index contributed by atoms with van der Waals surface area (Å²) in [5.74, 6) is -0.930. The third-order valence-corrected chi connectivity index (χ3v) is 5.44. The summed E-state index contributed by atoms with van der Waals surface area (Å²) >= 11 is 0. The average Bonchev–Trinajstić information content (AvgIpc) is 3.05. The maximum Gasteiger partial charge on any atom is 0.416 e. The van der Waals surface area contributed by atoms with E-state index in [1.807, 2.05) is 42.1 Å². The second-order valence-electron chi connectivity index (χ2n) is 7.61. The molecule has 0 saturated heterocycles. The van der Waals surface area contributed by atoms with Gasteiger partial charge in [0, 0.05) is 43.0 Å². The highest BCUT2D eigenvalue weighted by molar-refractivity contribution is 5.86. The van der Waals surface area contributed by atoms with Crippen LogP contribution in [0.2, 0.25) is 0 Å². The number of hydrogen-bond donors (Lipinski definition) is 1. The third kappa shape index (κ3) is 4.86. The van der Waals surface area contributed by atoms with Crippen molar-refractivity contribution in [3.05, 3.63) is 71.4 Å². The Bertz CT molecular complexity index is 1010. The molecule has 0 aliphatic rings. The molecule has 3 nitrogen and oxygen atoms in total. The van der Waals surface area contributed by atoms with Crippen LogP contribution in [0.15, 0.2) is 54.7 Å². The molecule has 1 heterocycles. The van der Waals surface area contributed by atoms with E-state index in [0.717, 1.165) is 41.8 Å². The van der Waals surface area contributed by atoms with E-state index in [-0.39, 0.29) is 17.9 Å². The quantitative estimate of drug-likeness (QED) is 0.447. The molecule has 160 valence electrons. The summed E-state index contributed by atoms with van der Waals surface area (Å²) in [6, 6.07) is 13.1. The number of halogens is 3. The Morgan fingerprint density at radius 1 is 1.03 bits per heavy atom. The molecule has 0 aliphatic carbocycles. The lowest BCUT2D eigenvalue weighted by atomic mass is 9.85. The van der Waals surface area contributed by atoms with Crippen LogP contribution in [0.25, 0.3) is 10.9 Å². The van der Waals surface area contributed by atoms with Gasteiger partial charge in [0.15, 0.2) is 0 Å². The van der Waals surface area contributed by atoms with Gasteiger partial charge in [-0.3, -0.25) is 4.79 Å². The molecule has 1 aromatic heterocycles. The van der Waals surface area contributed by atoms with Gasteiger partial charge >= 0.3 is 6.18 Å². The van der Waals surface area contributed by atoms with E-state index in [1.54, 1.807) is 6.07 Å². The zero-order valence-corrected chi connectivity index (χ0v) is 17.3. The number of unbranched alkanes of at least 4 members (excludes halogenated alkanes) is 2. The number of rotatable bonds is 8. The van der Waals surface area contributed by atoms with Crippen LogP contribution in [0.4, 0.5) is 13.2 Å². The fourth-order valence-electron chi connectivity index (χ4n) is 3.96. The van der Waals surface area contributed by atoms with Crippen molar-refractivity contribution in [3.63, 3.8) is 0 Å². The van der Waals surface area contributed by atoms with Crippen molar-refractivity contribution in [2.45, 2.75) is 44.7 Å². The average molecular weight is 416 g/mol. The van der Waals surface area contributed by atoms with Crippen molar-refractivity contribution in [1.29, 1.82) is 0 Å². The highest BCUT2D eigenvalue weighted by Gasteiger charge is 2.36. The first-order chi connectivity index (χ1) is 14.3. The molecule has 1 atom stereocenters. The molecule has 0 spiro atoms. The summed E-state index contributed by atoms with van der Waals surface area (Å²) < 4.78 is 43.2. The van der Waals surface area contributed by atoms with Crippen molar-refractivity contribution in [1.82, 2.24) is 9.88 Å². The first kappa shape index (κ1) is 21.9. The highest BCUT2D eigenvalue weighted by Crippen LogP contribution is 2.41. The maximum absolute atomic E-state index is 13.8. The second-order valence-corrected chi connectivity index (χ2v) is 7.61. The molecule has 0 bridgehead atoms. The summed E-state index contributed by atoms with van der Waals surface area (Å²) in [6.45, 7) is 2.61. The van der Waals surface area contributed by atoms with Crippen LogP contribution in [0.5, 0.6) is 0 Å². The molecule has 6 heteroatoms. The van der Waals surface area contributed by atoms with E-state index in [2.05, 4.69) is 12.2 Å². The first-order valence-electron chi connectivity index (χ1n) is 10.3. The van der Waals surface area contributed by atoms with Gasteiger partial charge < -0.3 is 9.88 Å². The zero-order chi connectivity index (χ0) is 21.7. The number of nitrogens with one attached hydrogen (secondary N) is 1. The normalized spacial score (nSPS) is 12.8. The van der Waals surface area contributed by atoms with Gasteiger partial charge in [-0.15, -0.1) is 0 Å². The number of carbonyl (C=O) groups is 1. The van der Waals surface area contributed by atoms with Crippen molar-refractivity contribution in [3.8, 4) is 0 Å². The molecule has 0 saturated carbocycles. The predicted octanol–water partition coefficient (Wildman–Crippen LogP) is 6.03. The molecule has 0 fully saturated rings. The van der Waals surface area contributed by atoms with Crippen LogP contribution in [-0.4, -0.2) is 17.0 Å². The number of benzene rings is 2. The van der Waals surface area contributed by atoms with Gasteiger partial charge in [-0.25, -0.2) is 0 Å². The van der Waals surface area contributed by atoms with Crippen LogP contribution in [0.3, 0.4) is 0 Å². The lowest BCUT2D eigenvalue weighted by Gasteiger charge is -2.21. The number of aromatic nitrogens is 1. The van der Waals surface area contributed by atoms with Crippen molar-refractivity contribution < 1.29 is 18.0 Å². The van der Waals surface area contributed by atoms with Crippen molar-refractivity contribution >= 4 is 16.8 Å². The van der Waals surface area contributed by atoms with Crippen LogP contribution in [0.1, 0.15) is 55.2 Å². The molecular weight excluding hydrogens is 389 g/mol. The Kier molecular flexibility index (Phi) is 6.85. The van der Waals surface area contributed by atoms with E-state index < -0.39 is 17.7 Å². The minimum Gasteiger partial charge on any atom is -0.356 e. The minimum atomic E-state index is -4.49. The van der Waals surface area contributed by atoms with Crippen molar-refractivity contribution in [2.75, 3.05) is 6.54 Å². The Morgan fingerprint density at radius 3 is 2.47 bits per heavy atom. The lowest BCUT2D eigenvalue weighted by molar-refractivity contribution is -0.138. The standard InChI is InChI=1S/C24H27F3N2O/c1-3-4-9-14-28-23(30)15-19(17-10-5-7-12-21(17)24(25,26)27)20-16-29(2)22-13-8-6-11-18(20)22/h5-8,10-13,16,19H,3-4,9,14-15H2,1-2H3,(H,28,30)/t19-/m0/s1. The fourth-order valence-corrected chi connectivity index (χ4v) is 3.96. The topological polar surface area (TPSA) is 34.0 Å². The number of nitrogens with zero attached hydrogens (tertiary/aromatic N) is 1. The smallest absolute Gasteiger partial charge is 0.356 e. The molecule has 3 aromatic rings. The van der Waals surface area contributed by atoms with E-state index in [9.17, 15) is 18.0 Å². The molecule has 1 amide bonds. The molecule has 30 heavy (non-hydrogen) atoms. The molecule has 0 radical (unpaired) electrons. The fraction of sp³-hybridized carbons (Fsp3) is 0.375. The SMILES string of the molecule is CCCCCNC(=O)C[C@@H](c1ccccc1C(F)(F)F)c1cn(C)c2ccccc12. The number of alkyl halides is 3. The van der Waals surface area contributed by atoms with Gasteiger partial charge in [0.05, 0.1) is 5.56 Å². The molecule has 1 N–H and O–H groups in total. The van der Waals surface area contributed by atoms with Gasteiger partial charge in [-0.2, -0.15) is 13.2 Å². The van der Waals surface area contributed by atoms with E-state index in [0.29, 0.717) is 6.54 Å². The number of fused-ring (bicyclic) bond motifs is 1. The summed E-state index contributed by atoms with van der Waals surface area (Å²) in [4.78, 5) is 12.7. The Morgan fingerprint density at radius 2 is 1.73 bits per heavy atom. The summed E-state index contributed by atoms with van der Waals surface area (Å²) in [6.07, 6.45) is 0.217. The Labute approximate surface area is 174 Å². The third-order valence-electron chi connectivity index (χ3n) is 5.44. The van der Waals surface area contributed by atoms with E-state index in [4.69, 9.17) is 0 Å².